The second-order valence-corrected chi connectivity index (χ2v) is 3.21. The summed E-state index contributed by atoms with van der Waals surface area (Å²) in [6, 6.07) is 0.495. The summed E-state index contributed by atoms with van der Waals surface area (Å²) in [6.45, 7) is 5.86. The summed E-state index contributed by atoms with van der Waals surface area (Å²) < 4.78 is 2.23. The number of hydrogen-bond donors (Lipinski definition) is 2. The fourth-order valence-electron chi connectivity index (χ4n) is 0.827. The number of tetrazole rings is 1. The quantitative estimate of drug-likeness (QED) is 0.667. The third kappa shape index (κ3) is 2.71. The molecule has 0 saturated carbocycles. The zero-order chi connectivity index (χ0) is 8.97. The summed E-state index contributed by atoms with van der Waals surface area (Å²) in [5, 5.41) is 13.2. The Bertz CT molecular complexity index is 275. The van der Waals surface area contributed by atoms with Gasteiger partial charge in [-0.2, -0.15) is 5.21 Å². The standard InChI is InChI=1S/C6H13N5S/c1-5(2)7-3-4-11-6(12)8-9-10-11/h5,7H,3-4H2,1-2H3,(H,8,10,12). The average molecular weight is 187 g/mol. The Hall–Kier alpha value is -0.750. The first-order valence-electron chi connectivity index (χ1n) is 3.91. The van der Waals surface area contributed by atoms with E-state index < -0.39 is 0 Å². The van der Waals surface area contributed by atoms with Crippen LogP contribution in [-0.4, -0.2) is 32.8 Å². The summed E-state index contributed by atoms with van der Waals surface area (Å²) in [5.41, 5.74) is 0. The van der Waals surface area contributed by atoms with Crippen LogP contribution in [-0.2, 0) is 6.54 Å². The Labute approximate surface area is 76.1 Å². The van der Waals surface area contributed by atoms with Gasteiger partial charge in [-0.3, -0.25) is 0 Å². The number of hydrogen-bond acceptors (Lipinski definition) is 4. The molecule has 0 aliphatic carbocycles. The van der Waals surface area contributed by atoms with Crippen LogP contribution in [0.15, 0.2) is 0 Å². The molecule has 0 bridgehead atoms. The van der Waals surface area contributed by atoms with Crippen LogP contribution in [0.1, 0.15) is 13.8 Å². The minimum absolute atomic E-state index is 0.495. The molecule has 0 aliphatic rings. The van der Waals surface area contributed by atoms with Crippen molar-refractivity contribution < 1.29 is 0 Å². The molecule has 0 saturated heterocycles. The largest absolute Gasteiger partial charge is 0.313 e. The van der Waals surface area contributed by atoms with E-state index in [9.17, 15) is 0 Å². The van der Waals surface area contributed by atoms with E-state index in [0.29, 0.717) is 10.8 Å². The van der Waals surface area contributed by atoms with Crippen molar-refractivity contribution in [2.45, 2.75) is 26.4 Å². The number of aromatic nitrogens is 4. The Morgan fingerprint density at radius 2 is 2.42 bits per heavy atom. The van der Waals surface area contributed by atoms with Crippen molar-refractivity contribution in [2.24, 2.45) is 0 Å². The summed E-state index contributed by atoms with van der Waals surface area (Å²) in [6.07, 6.45) is 0. The predicted molar refractivity (Wildman–Crippen MR) is 48.3 cm³/mol. The van der Waals surface area contributed by atoms with Crippen LogP contribution in [0, 0.1) is 4.77 Å². The Morgan fingerprint density at radius 1 is 1.67 bits per heavy atom. The molecule has 1 aromatic heterocycles. The second-order valence-electron chi connectivity index (χ2n) is 2.84. The highest BCUT2D eigenvalue weighted by atomic mass is 32.1. The molecule has 1 aromatic rings. The maximum atomic E-state index is 4.89. The zero-order valence-corrected chi connectivity index (χ0v) is 8.06. The number of nitrogens with zero attached hydrogens (tertiary/aromatic N) is 3. The maximum Gasteiger partial charge on any atom is 0.238 e. The molecule has 0 amide bonds. The van der Waals surface area contributed by atoms with Crippen molar-refractivity contribution in [3.05, 3.63) is 4.77 Å². The summed E-state index contributed by atoms with van der Waals surface area (Å²) in [5.74, 6) is 0. The molecule has 2 N–H and O–H groups in total. The smallest absolute Gasteiger partial charge is 0.238 e. The Morgan fingerprint density at radius 3 is 2.92 bits per heavy atom. The van der Waals surface area contributed by atoms with E-state index in [0.717, 1.165) is 13.1 Å². The first-order chi connectivity index (χ1) is 5.70. The molecule has 0 aromatic carbocycles. The third-order valence-corrected chi connectivity index (χ3v) is 1.72. The van der Waals surface area contributed by atoms with Crippen molar-refractivity contribution in [3.63, 3.8) is 0 Å². The van der Waals surface area contributed by atoms with Gasteiger partial charge in [-0.25, -0.2) is 4.68 Å². The minimum atomic E-state index is 0.495. The highest BCUT2D eigenvalue weighted by molar-refractivity contribution is 7.71. The molecule has 0 radical (unpaired) electrons. The van der Waals surface area contributed by atoms with Gasteiger partial charge >= 0.3 is 0 Å². The van der Waals surface area contributed by atoms with E-state index in [4.69, 9.17) is 12.2 Å². The van der Waals surface area contributed by atoms with Gasteiger partial charge in [0.15, 0.2) is 0 Å². The predicted octanol–water partition coefficient (Wildman–Crippen LogP) is 0.334. The van der Waals surface area contributed by atoms with Crippen LogP contribution < -0.4 is 5.32 Å². The number of rotatable bonds is 4. The number of H-pyrrole nitrogens is 1. The Kier molecular flexibility index (Phi) is 3.36. The van der Waals surface area contributed by atoms with Gasteiger partial charge in [-0.15, -0.1) is 0 Å². The average Bonchev–Trinajstić information content (AvgIpc) is 2.36. The lowest BCUT2D eigenvalue weighted by Crippen LogP contribution is -2.27. The van der Waals surface area contributed by atoms with Crippen molar-refractivity contribution in [1.82, 2.24) is 25.5 Å². The van der Waals surface area contributed by atoms with Crippen LogP contribution in [0.2, 0.25) is 0 Å². The van der Waals surface area contributed by atoms with Crippen LogP contribution in [0.5, 0.6) is 0 Å². The first kappa shape index (κ1) is 9.34. The van der Waals surface area contributed by atoms with Gasteiger partial charge in [-0.1, -0.05) is 24.2 Å². The van der Waals surface area contributed by atoms with Gasteiger partial charge in [0.1, 0.15) is 0 Å². The van der Waals surface area contributed by atoms with Crippen LogP contribution in [0.25, 0.3) is 0 Å². The van der Waals surface area contributed by atoms with Gasteiger partial charge in [0.25, 0.3) is 0 Å². The highest BCUT2D eigenvalue weighted by Gasteiger charge is 1.95. The second kappa shape index (κ2) is 4.32. The lowest BCUT2D eigenvalue weighted by molar-refractivity contribution is 0.503. The summed E-state index contributed by atoms with van der Waals surface area (Å²) in [7, 11) is 0. The van der Waals surface area contributed by atoms with E-state index in [1.807, 2.05) is 0 Å². The molecule has 0 unspecified atom stereocenters. The molecule has 68 valence electrons. The molecule has 0 spiro atoms. The summed E-state index contributed by atoms with van der Waals surface area (Å²) in [4.78, 5) is 0. The molecule has 6 heteroatoms. The third-order valence-electron chi connectivity index (χ3n) is 1.42. The van der Waals surface area contributed by atoms with Gasteiger partial charge in [-0.05, 0) is 12.2 Å². The van der Waals surface area contributed by atoms with Gasteiger partial charge < -0.3 is 5.32 Å². The number of aromatic amines is 1. The van der Waals surface area contributed by atoms with E-state index >= 15 is 0 Å². The Balaban J connectivity index is 2.34. The normalized spacial score (nSPS) is 10.9. The summed E-state index contributed by atoms with van der Waals surface area (Å²) >= 11 is 4.89. The van der Waals surface area contributed by atoms with E-state index in [1.165, 1.54) is 0 Å². The van der Waals surface area contributed by atoms with E-state index in [2.05, 4.69) is 34.7 Å². The van der Waals surface area contributed by atoms with Crippen molar-refractivity contribution in [2.75, 3.05) is 6.54 Å². The molecule has 1 heterocycles. The molecule has 5 nitrogen and oxygen atoms in total. The topological polar surface area (TPSA) is 58.5 Å². The van der Waals surface area contributed by atoms with Crippen molar-refractivity contribution >= 4 is 12.2 Å². The molecular formula is C6H13N5S. The van der Waals surface area contributed by atoms with Crippen molar-refractivity contribution in [3.8, 4) is 0 Å². The van der Waals surface area contributed by atoms with Gasteiger partial charge in [0.05, 0.1) is 6.54 Å². The SMILES string of the molecule is CC(C)NCCn1[nH]nnc1=S. The fraction of sp³-hybridized carbons (Fsp3) is 0.833. The van der Waals surface area contributed by atoms with Gasteiger partial charge in [0.2, 0.25) is 4.77 Å². The lowest BCUT2D eigenvalue weighted by Gasteiger charge is -2.06. The molecular weight excluding hydrogens is 174 g/mol. The molecule has 1 rings (SSSR count). The van der Waals surface area contributed by atoms with Crippen LogP contribution in [0.4, 0.5) is 0 Å². The van der Waals surface area contributed by atoms with E-state index in [-0.39, 0.29) is 0 Å². The van der Waals surface area contributed by atoms with Crippen LogP contribution in [0.3, 0.4) is 0 Å². The van der Waals surface area contributed by atoms with Crippen LogP contribution >= 0.6 is 12.2 Å². The lowest BCUT2D eigenvalue weighted by atomic mass is 10.4. The molecule has 0 aliphatic heterocycles. The molecule has 0 atom stereocenters. The minimum Gasteiger partial charge on any atom is -0.313 e. The van der Waals surface area contributed by atoms with Gasteiger partial charge in [0, 0.05) is 12.6 Å². The van der Waals surface area contributed by atoms with E-state index in [1.54, 1.807) is 4.68 Å². The van der Waals surface area contributed by atoms with Crippen molar-refractivity contribution in [1.29, 1.82) is 0 Å². The highest BCUT2D eigenvalue weighted by Crippen LogP contribution is 1.82. The fourth-order valence-corrected chi connectivity index (χ4v) is 0.999. The maximum absolute atomic E-state index is 4.89. The zero-order valence-electron chi connectivity index (χ0n) is 7.24. The monoisotopic (exact) mass is 187 g/mol. The first-order valence-corrected chi connectivity index (χ1v) is 4.32. The molecule has 0 fully saturated rings. The number of nitrogens with one attached hydrogen (secondary N) is 2. The molecule has 12 heavy (non-hydrogen) atoms.